The van der Waals surface area contributed by atoms with Crippen LogP contribution in [0.1, 0.15) is 36.5 Å². The molecule has 2 rings (SSSR count). The zero-order valence-electron chi connectivity index (χ0n) is 9.42. The van der Waals surface area contributed by atoms with Crippen molar-refractivity contribution in [3.63, 3.8) is 0 Å². The number of aliphatic hydroxyl groups excluding tert-OH is 1. The molecule has 15 heavy (non-hydrogen) atoms. The molecule has 0 bridgehead atoms. The molecule has 0 aliphatic carbocycles. The van der Waals surface area contributed by atoms with E-state index in [1.807, 2.05) is 11.8 Å². The van der Waals surface area contributed by atoms with E-state index in [-0.39, 0.29) is 11.4 Å². The summed E-state index contributed by atoms with van der Waals surface area (Å²) in [6, 6.07) is 6.46. The van der Waals surface area contributed by atoms with E-state index in [0.29, 0.717) is 0 Å². The monoisotopic (exact) mass is 222 g/mol. The summed E-state index contributed by atoms with van der Waals surface area (Å²) in [4.78, 5) is 0. The predicted molar refractivity (Wildman–Crippen MR) is 66.1 cm³/mol. The molecule has 1 nitrogen and oxygen atoms in total. The highest BCUT2D eigenvalue weighted by atomic mass is 32.2. The van der Waals surface area contributed by atoms with Gasteiger partial charge in [0.25, 0.3) is 0 Å². The highest BCUT2D eigenvalue weighted by molar-refractivity contribution is 8.00. The Labute approximate surface area is 95.9 Å². The molecular formula is C13H18OS. The van der Waals surface area contributed by atoms with Crippen LogP contribution in [0.15, 0.2) is 18.2 Å². The number of aliphatic hydroxyl groups is 1. The summed E-state index contributed by atoms with van der Waals surface area (Å²) in [6.45, 7) is 4.54. The summed E-state index contributed by atoms with van der Waals surface area (Å²) in [5.74, 6) is 1.25. The molecule has 1 fully saturated rings. The Hall–Kier alpha value is -0.470. The Morgan fingerprint density at radius 3 is 2.87 bits per heavy atom. The van der Waals surface area contributed by atoms with Gasteiger partial charge in [0.2, 0.25) is 0 Å². The van der Waals surface area contributed by atoms with Gasteiger partial charge in [-0.05, 0) is 43.6 Å². The van der Waals surface area contributed by atoms with Crippen molar-refractivity contribution in [1.82, 2.24) is 0 Å². The minimum Gasteiger partial charge on any atom is -0.392 e. The van der Waals surface area contributed by atoms with E-state index in [9.17, 15) is 5.11 Å². The van der Waals surface area contributed by atoms with E-state index in [0.717, 1.165) is 5.56 Å². The third-order valence-corrected chi connectivity index (χ3v) is 4.77. The molecule has 1 aliphatic heterocycles. The minimum atomic E-state index is 0.160. The van der Waals surface area contributed by atoms with Gasteiger partial charge < -0.3 is 5.11 Å². The van der Waals surface area contributed by atoms with Gasteiger partial charge in [-0.15, -0.1) is 0 Å². The maximum Gasteiger partial charge on any atom is 0.0685 e. The third-order valence-electron chi connectivity index (χ3n) is 3.22. The van der Waals surface area contributed by atoms with Crippen LogP contribution < -0.4 is 0 Å². The topological polar surface area (TPSA) is 20.2 Å². The molecule has 82 valence electrons. The zero-order chi connectivity index (χ0) is 10.9. The molecular weight excluding hydrogens is 204 g/mol. The normalized spacial score (nSPS) is 25.8. The number of thioether (sulfide) groups is 1. The van der Waals surface area contributed by atoms with Crippen LogP contribution in [0.4, 0.5) is 0 Å². The SMILES string of the molecule is Cc1ccc(C2(C)CCCS2)c(CO)c1. The van der Waals surface area contributed by atoms with E-state index in [4.69, 9.17) is 0 Å². The lowest BCUT2D eigenvalue weighted by Crippen LogP contribution is -2.15. The summed E-state index contributed by atoms with van der Waals surface area (Å²) in [5.41, 5.74) is 3.67. The van der Waals surface area contributed by atoms with Gasteiger partial charge >= 0.3 is 0 Å². The van der Waals surface area contributed by atoms with Crippen molar-refractivity contribution in [3.8, 4) is 0 Å². The van der Waals surface area contributed by atoms with Crippen LogP contribution in [0, 0.1) is 6.92 Å². The molecule has 1 unspecified atom stereocenters. The van der Waals surface area contributed by atoms with Gasteiger partial charge in [0.05, 0.1) is 6.61 Å². The number of aryl methyl sites for hydroxylation is 1. The molecule has 0 radical (unpaired) electrons. The number of hydrogen-bond donors (Lipinski definition) is 1. The van der Waals surface area contributed by atoms with Crippen LogP contribution in [0.2, 0.25) is 0 Å². The van der Waals surface area contributed by atoms with Gasteiger partial charge in [-0.2, -0.15) is 11.8 Å². The van der Waals surface area contributed by atoms with Crippen molar-refractivity contribution in [2.24, 2.45) is 0 Å². The fraction of sp³-hybridized carbons (Fsp3) is 0.538. The van der Waals surface area contributed by atoms with Gasteiger partial charge in [0, 0.05) is 4.75 Å². The minimum absolute atomic E-state index is 0.160. The van der Waals surface area contributed by atoms with E-state index < -0.39 is 0 Å². The molecule has 1 atom stereocenters. The molecule has 2 heteroatoms. The molecule has 1 heterocycles. The number of hydrogen-bond acceptors (Lipinski definition) is 2. The largest absolute Gasteiger partial charge is 0.392 e. The van der Waals surface area contributed by atoms with Crippen LogP contribution in [0.25, 0.3) is 0 Å². The van der Waals surface area contributed by atoms with Gasteiger partial charge in [0.1, 0.15) is 0 Å². The van der Waals surface area contributed by atoms with Gasteiger partial charge in [-0.25, -0.2) is 0 Å². The van der Waals surface area contributed by atoms with Crippen LogP contribution in [-0.2, 0) is 11.4 Å². The van der Waals surface area contributed by atoms with Crippen molar-refractivity contribution in [2.45, 2.75) is 38.0 Å². The molecule has 1 aromatic carbocycles. The zero-order valence-corrected chi connectivity index (χ0v) is 10.2. The van der Waals surface area contributed by atoms with Crippen LogP contribution in [0.3, 0.4) is 0 Å². The molecule has 1 aromatic rings. The summed E-state index contributed by atoms with van der Waals surface area (Å²) < 4.78 is 0.228. The standard InChI is InChI=1S/C13H18OS/c1-10-4-5-12(11(8-10)9-14)13(2)6-3-7-15-13/h4-5,8,14H,3,6-7,9H2,1-2H3. The molecule has 1 N–H and O–H groups in total. The third kappa shape index (κ3) is 2.06. The Morgan fingerprint density at radius 2 is 2.27 bits per heavy atom. The maximum absolute atomic E-state index is 9.41. The van der Waals surface area contributed by atoms with Crippen molar-refractivity contribution >= 4 is 11.8 Å². The van der Waals surface area contributed by atoms with Crippen molar-refractivity contribution in [3.05, 3.63) is 34.9 Å². The second kappa shape index (κ2) is 4.18. The van der Waals surface area contributed by atoms with Gasteiger partial charge in [-0.3, -0.25) is 0 Å². The molecule has 0 aromatic heterocycles. The number of rotatable bonds is 2. The van der Waals surface area contributed by atoms with Gasteiger partial charge in [0.15, 0.2) is 0 Å². The molecule has 0 amide bonds. The van der Waals surface area contributed by atoms with Crippen LogP contribution in [0.5, 0.6) is 0 Å². The quantitative estimate of drug-likeness (QED) is 0.829. The van der Waals surface area contributed by atoms with Crippen molar-refractivity contribution in [1.29, 1.82) is 0 Å². The van der Waals surface area contributed by atoms with E-state index in [1.165, 1.54) is 29.7 Å². The molecule has 0 saturated carbocycles. The fourth-order valence-electron chi connectivity index (χ4n) is 2.36. The first-order valence-corrected chi connectivity index (χ1v) is 6.49. The second-order valence-electron chi connectivity index (χ2n) is 4.50. The van der Waals surface area contributed by atoms with E-state index in [2.05, 4.69) is 32.0 Å². The first-order valence-electron chi connectivity index (χ1n) is 5.50. The Kier molecular flexibility index (Phi) is 3.08. The van der Waals surface area contributed by atoms with Crippen molar-refractivity contribution < 1.29 is 5.11 Å². The Balaban J connectivity index is 2.42. The smallest absolute Gasteiger partial charge is 0.0685 e. The highest BCUT2D eigenvalue weighted by Crippen LogP contribution is 2.47. The lowest BCUT2D eigenvalue weighted by atomic mass is 9.91. The first kappa shape index (κ1) is 11.0. The number of benzene rings is 1. The maximum atomic E-state index is 9.41. The fourth-order valence-corrected chi connectivity index (χ4v) is 3.74. The first-order chi connectivity index (χ1) is 7.15. The summed E-state index contributed by atoms with van der Waals surface area (Å²) in [5, 5.41) is 9.41. The molecule has 1 aliphatic rings. The lowest BCUT2D eigenvalue weighted by Gasteiger charge is -2.26. The average Bonchev–Trinajstić information content (AvgIpc) is 2.66. The summed E-state index contributed by atoms with van der Waals surface area (Å²) >= 11 is 2.02. The average molecular weight is 222 g/mol. The molecule has 0 spiro atoms. The van der Waals surface area contributed by atoms with Gasteiger partial charge in [-0.1, -0.05) is 23.8 Å². The highest BCUT2D eigenvalue weighted by Gasteiger charge is 2.32. The summed E-state index contributed by atoms with van der Waals surface area (Å²) in [7, 11) is 0. The van der Waals surface area contributed by atoms with Crippen LogP contribution >= 0.6 is 11.8 Å². The Bertz CT molecular complexity index is 354. The predicted octanol–water partition coefficient (Wildman–Crippen LogP) is 3.23. The summed E-state index contributed by atoms with van der Waals surface area (Å²) in [6.07, 6.45) is 2.52. The van der Waals surface area contributed by atoms with E-state index in [1.54, 1.807) is 0 Å². The van der Waals surface area contributed by atoms with Crippen LogP contribution in [-0.4, -0.2) is 10.9 Å². The lowest BCUT2D eigenvalue weighted by molar-refractivity contribution is 0.279. The Morgan fingerprint density at radius 1 is 1.47 bits per heavy atom. The van der Waals surface area contributed by atoms with Crippen molar-refractivity contribution in [2.75, 3.05) is 5.75 Å². The van der Waals surface area contributed by atoms with E-state index >= 15 is 0 Å². The second-order valence-corrected chi connectivity index (χ2v) is 6.10. The molecule has 1 saturated heterocycles.